The zero-order valence-corrected chi connectivity index (χ0v) is 20.4. The third-order valence-corrected chi connectivity index (χ3v) is 6.93. The molecule has 1 saturated heterocycles. The number of piperidine rings is 1. The van der Waals surface area contributed by atoms with E-state index in [1.807, 2.05) is 24.3 Å². The Morgan fingerprint density at radius 3 is 2.75 bits per heavy atom. The molecule has 5 rings (SSSR count). The fourth-order valence-corrected chi connectivity index (χ4v) is 5.05. The summed E-state index contributed by atoms with van der Waals surface area (Å²) in [6, 6.07) is 24.2. The van der Waals surface area contributed by atoms with Crippen LogP contribution in [0.5, 0.6) is 5.75 Å². The molecule has 186 valence electrons. The molecule has 7 heteroatoms. The van der Waals surface area contributed by atoms with Crippen molar-refractivity contribution in [3.63, 3.8) is 0 Å². The quantitative estimate of drug-likeness (QED) is 0.528. The van der Waals surface area contributed by atoms with Gasteiger partial charge in [-0.2, -0.15) is 0 Å². The minimum Gasteiger partial charge on any atom is -0.482 e. The highest BCUT2D eigenvalue weighted by Gasteiger charge is 2.33. The summed E-state index contributed by atoms with van der Waals surface area (Å²) < 4.78 is 10.8. The first-order valence-corrected chi connectivity index (χ1v) is 12.4. The molecule has 1 fully saturated rings. The fraction of sp³-hybridized carbons (Fsp3) is 0.310. The van der Waals surface area contributed by atoms with Crippen molar-refractivity contribution in [3.05, 3.63) is 78.4 Å². The Morgan fingerprint density at radius 2 is 1.92 bits per heavy atom. The second-order valence-electron chi connectivity index (χ2n) is 9.20. The molecule has 36 heavy (non-hydrogen) atoms. The summed E-state index contributed by atoms with van der Waals surface area (Å²) in [5, 5.41) is 6.48. The Kier molecular flexibility index (Phi) is 7.30. The smallest absolute Gasteiger partial charge is 0.265 e. The van der Waals surface area contributed by atoms with Crippen LogP contribution in [-0.2, 0) is 14.3 Å². The van der Waals surface area contributed by atoms with Crippen molar-refractivity contribution in [3.8, 4) is 16.9 Å². The molecule has 0 aromatic heterocycles. The molecule has 0 unspecified atom stereocenters. The molecular formula is C29H31N3O4. The van der Waals surface area contributed by atoms with E-state index in [2.05, 4.69) is 47.0 Å². The van der Waals surface area contributed by atoms with Gasteiger partial charge in [-0.15, -0.1) is 0 Å². The normalized spacial score (nSPS) is 19.4. The first kappa shape index (κ1) is 24.0. The number of fused-ring (bicyclic) bond motifs is 1. The lowest BCUT2D eigenvalue weighted by Gasteiger charge is -2.32. The van der Waals surface area contributed by atoms with Gasteiger partial charge in [0.1, 0.15) is 5.75 Å². The molecule has 2 aliphatic heterocycles. The van der Waals surface area contributed by atoms with Crippen molar-refractivity contribution in [2.24, 2.45) is 5.92 Å². The van der Waals surface area contributed by atoms with Crippen molar-refractivity contribution >= 4 is 23.2 Å². The van der Waals surface area contributed by atoms with Gasteiger partial charge in [-0.3, -0.25) is 9.59 Å². The lowest BCUT2D eigenvalue weighted by atomic mass is 9.80. The van der Waals surface area contributed by atoms with Gasteiger partial charge in [-0.05, 0) is 53.8 Å². The maximum atomic E-state index is 13.5. The van der Waals surface area contributed by atoms with Gasteiger partial charge in [-0.25, -0.2) is 0 Å². The van der Waals surface area contributed by atoms with Gasteiger partial charge >= 0.3 is 0 Å². The minimum atomic E-state index is -0.219. The van der Waals surface area contributed by atoms with Gasteiger partial charge in [0, 0.05) is 25.9 Å². The van der Waals surface area contributed by atoms with Crippen LogP contribution in [0.3, 0.4) is 0 Å². The van der Waals surface area contributed by atoms with Crippen molar-refractivity contribution in [2.45, 2.75) is 12.3 Å². The molecule has 3 aromatic rings. The number of carbonyl (C=O) groups excluding carboxylic acids is 2. The number of nitrogens with one attached hydrogen (secondary N) is 2. The SMILES string of the molecule is COCCN1C(=O)COc2ccc(NC(=O)[C@H]3CNCC[C@@H]3c3cccc(-c4ccccc4)c3)cc21. The second-order valence-corrected chi connectivity index (χ2v) is 9.20. The highest BCUT2D eigenvalue weighted by atomic mass is 16.5. The number of benzene rings is 3. The zero-order valence-electron chi connectivity index (χ0n) is 20.4. The monoisotopic (exact) mass is 485 g/mol. The summed E-state index contributed by atoms with van der Waals surface area (Å²) in [7, 11) is 1.60. The highest BCUT2D eigenvalue weighted by Crippen LogP contribution is 2.36. The number of ether oxygens (including phenoxy) is 2. The van der Waals surface area contributed by atoms with Gasteiger partial charge in [0.25, 0.3) is 5.91 Å². The van der Waals surface area contributed by atoms with Crippen molar-refractivity contribution in [1.29, 1.82) is 0 Å². The summed E-state index contributed by atoms with van der Waals surface area (Å²) in [5.74, 6) is 0.346. The lowest BCUT2D eigenvalue weighted by Crippen LogP contribution is -2.42. The first-order chi connectivity index (χ1) is 17.6. The van der Waals surface area contributed by atoms with Crippen molar-refractivity contribution in [1.82, 2.24) is 5.32 Å². The number of hydrogen-bond acceptors (Lipinski definition) is 5. The second kappa shape index (κ2) is 10.9. The van der Waals surface area contributed by atoms with Gasteiger partial charge < -0.3 is 25.0 Å². The predicted octanol–water partition coefficient (Wildman–Crippen LogP) is 4.06. The average molecular weight is 486 g/mol. The van der Waals surface area contributed by atoms with Gasteiger partial charge in [0.15, 0.2) is 6.61 Å². The molecule has 0 spiro atoms. The van der Waals surface area contributed by atoms with Crippen LogP contribution in [0.1, 0.15) is 17.9 Å². The van der Waals surface area contributed by atoms with E-state index in [1.165, 1.54) is 5.56 Å². The Hall–Kier alpha value is -3.68. The summed E-state index contributed by atoms with van der Waals surface area (Å²) >= 11 is 0. The van der Waals surface area contributed by atoms with E-state index in [9.17, 15) is 9.59 Å². The fourth-order valence-electron chi connectivity index (χ4n) is 5.05. The minimum absolute atomic E-state index is 0.000110. The van der Waals surface area contributed by atoms with Crippen LogP contribution >= 0.6 is 0 Å². The molecule has 0 saturated carbocycles. The summed E-state index contributed by atoms with van der Waals surface area (Å²) in [6.07, 6.45) is 0.883. The molecular weight excluding hydrogens is 454 g/mol. The lowest BCUT2D eigenvalue weighted by molar-refractivity contribution is -0.121. The van der Waals surface area contributed by atoms with Crippen LogP contribution in [0.4, 0.5) is 11.4 Å². The van der Waals surface area contributed by atoms with E-state index in [0.29, 0.717) is 36.8 Å². The van der Waals surface area contributed by atoms with Crippen molar-refractivity contribution in [2.75, 3.05) is 50.2 Å². The molecule has 7 nitrogen and oxygen atoms in total. The summed E-state index contributed by atoms with van der Waals surface area (Å²) in [5.41, 5.74) is 4.78. The van der Waals surface area contributed by atoms with Crippen LogP contribution in [-0.4, -0.2) is 51.8 Å². The molecule has 0 bridgehead atoms. The molecule has 3 aromatic carbocycles. The van der Waals surface area contributed by atoms with Gasteiger partial charge in [-0.1, -0.05) is 54.6 Å². The van der Waals surface area contributed by atoms with E-state index in [-0.39, 0.29) is 30.3 Å². The molecule has 0 aliphatic carbocycles. The molecule has 2 heterocycles. The number of hydrogen-bond donors (Lipinski definition) is 2. The number of anilines is 2. The van der Waals surface area contributed by atoms with E-state index in [0.717, 1.165) is 24.1 Å². The Bertz CT molecular complexity index is 1230. The van der Waals surface area contributed by atoms with Crippen LogP contribution in [0.15, 0.2) is 72.8 Å². The molecule has 2 aliphatic rings. The number of rotatable bonds is 7. The van der Waals surface area contributed by atoms with Crippen LogP contribution in [0.2, 0.25) is 0 Å². The third-order valence-electron chi connectivity index (χ3n) is 6.93. The Balaban J connectivity index is 1.36. The number of methoxy groups -OCH3 is 1. The first-order valence-electron chi connectivity index (χ1n) is 12.4. The van der Waals surface area contributed by atoms with E-state index in [4.69, 9.17) is 9.47 Å². The van der Waals surface area contributed by atoms with E-state index in [1.54, 1.807) is 24.1 Å². The largest absolute Gasteiger partial charge is 0.482 e. The van der Waals surface area contributed by atoms with Crippen LogP contribution in [0.25, 0.3) is 11.1 Å². The summed E-state index contributed by atoms with van der Waals surface area (Å²) in [4.78, 5) is 27.6. The molecule has 2 atom stereocenters. The maximum absolute atomic E-state index is 13.5. The van der Waals surface area contributed by atoms with Crippen LogP contribution < -0.4 is 20.3 Å². The molecule has 2 amide bonds. The topological polar surface area (TPSA) is 79.9 Å². The number of carbonyl (C=O) groups is 2. The highest BCUT2D eigenvalue weighted by molar-refractivity contribution is 6.00. The number of nitrogens with zero attached hydrogens (tertiary/aromatic N) is 1. The Labute approximate surface area is 211 Å². The van der Waals surface area contributed by atoms with Crippen LogP contribution in [0, 0.1) is 5.92 Å². The zero-order chi connectivity index (χ0) is 24.9. The van der Waals surface area contributed by atoms with E-state index < -0.39 is 0 Å². The van der Waals surface area contributed by atoms with Crippen molar-refractivity contribution < 1.29 is 19.1 Å². The Morgan fingerprint density at radius 1 is 1.08 bits per heavy atom. The van der Waals surface area contributed by atoms with Gasteiger partial charge in [0.2, 0.25) is 5.91 Å². The van der Waals surface area contributed by atoms with Gasteiger partial charge in [0.05, 0.1) is 18.2 Å². The molecule has 2 N–H and O–H groups in total. The third kappa shape index (κ3) is 5.12. The summed E-state index contributed by atoms with van der Waals surface area (Å²) in [6.45, 7) is 2.32. The predicted molar refractivity (Wildman–Crippen MR) is 140 cm³/mol. The average Bonchev–Trinajstić information content (AvgIpc) is 2.93. The van der Waals surface area contributed by atoms with E-state index >= 15 is 0 Å². The standard InChI is InChI=1S/C29H31N3O4/c1-35-15-14-32-26-17-23(10-11-27(26)36-19-28(32)33)31-29(34)25-18-30-13-12-24(25)22-9-5-8-21(16-22)20-6-3-2-4-7-20/h2-11,16-17,24-25,30H,12-15,18-19H2,1H3,(H,31,34)/t24-,25+/m1/s1. The maximum Gasteiger partial charge on any atom is 0.265 e. The molecule has 0 radical (unpaired) electrons. The number of amides is 2.